The maximum absolute atomic E-state index is 11.3. The number of ether oxygens (including phenoxy) is 3. The number of hydrogen-bond donors (Lipinski definition) is 6. The van der Waals surface area contributed by atoms with Gasteiger partial charge in [0.05, 0.1) is 12.7 Å². The number of aliphatic hydroxyl groups is 6. The first-order chi connectivity index (χ1) is 23.1. The molecule has 0 saturated heterocycles. The summed E-state index contributed by atoms with van der Waals surface area (Å²) in [5.74, 6) is 3.42. The molecule has 0 aliphatic heterocycles. The van der Waals surface area contributed by atoms with E-state index in [4.69, 9.17) is 39.7 Å². The van der Waals surface area contributed by atoms with Crippen LogP contribution in [-0.4, -0.2) is 106 Å². The minimum Gasteiger partial charge on any atom is -0.394 e. The minimum atomic E-state index is -1.79. The smallest absolute Gasteiger partial charge is 0.206 e. The van der Waals surface area contributed by atoms with Crippen LogP contribution in [0.25, 0.3) is 0 Å². The Morgan fingerprint density at radius 1 is 0.918 bits per heavy atom. The van der Waals surface area contributed by atoms with E-state index in [2.05, 4.69) is 54.5 Å². The quantitative estimate of drug-likeness (QED) is 0.0773. The molecule has 3 fully saturated rings. The molecule has 0 heterocycles. The molecule has 13 atom stereocenters. The standard InChI is InChI=1S/C33H58O4.C6H12O6/c1-9-35-30-29(34)21-24-15-16-25-27-18-17-26(23(6)14-12-13-22(4)5)31(27,7)20-19-28(25)32(24,8)33(30,36-10-2)37-11-3;7-1-3(9)5(11)6(12)4(10)2-8/h15,22-23,25-30,34H,9-14,16-21H2,1-8H3;1,3-6,8-12H,2H2/t23-,25+,26-,27+,28+,29-,30?,31-,32+;3-,4+,5+,6-/m10/s1. The highest BCUT2D eigenvalue weighted by Gasteiger charge is 2.70. The SMILES string of the molecule is CCOC1[C@H](O)CC2=CC[C@H]3[C@@H]4CC[C@H]([C@H](C)CCCC(C)C)[C@@]4(C)CC[C@@H]3[C@@]2(C)C1(OCC)OCC.O=C[C@H](O)[C@@H](O)[C@@H](O)[C@H](O)CO. The second kappa shape index (κ2) is 18.2. The second-order valence-electron chi connectivity index (χ2n) is 16.1. The summed E-state index contributed by atoms with van der Waals surface area (Å²) in [5, 5.41) is 54.8. The molecule has 0 bridgehead atoms. The molecule has 0 aromatic carbocycles. The normalized spacial score (nSPS) is 36.6. The van der Waals surface area contributed by atoms with E-state index < -0.39 is 49.0 Å². The molecule has 4 aliphatic carbocycles. The van der Waals surface area contributed by atoms with Crippen LogP contribution in [0, 0.1) is 46.3 Å². The van der Waals surface area contributed by atoms with E-state index in [0.29, 0.717) is 43.5 Å². The van der Waals surface area contributed by atoms with Gasteiger partial charge < -0.3 is 49.6 Å². The lowest BCUT2D eigenvalue weighted by molar-refractivity contribution is -0.369. The molecule has 0 aromatic heterocycles. The van der Waals surface area contributed by atoms with E-state index in [9.17, 15) is 9.90 Å². The van der Waals surface area contributed by atoms with Crippen molar-refractivity contribution in [3.63, 3.8) is 0 Å². The number of aliphatic hydroxyl groups excluding tert-OH is 6. The number of allylic oxidation sites excluding steroid dienone is 1. The van der Waals surface area contributed by atoms with Gasteiger partial charge in [-0.05, 0) is 100 Å². The second-order valence-corrected chi connectivity index (χ2v) is 16.1. The third kappa shape index (κ3) is 8.33. The Labute approximate surface area is 295 Å². The van der Waals surface area contributed by atoms with Gasteiger partial charge in [0, 0.05) is 25.2 Å². The van der Waals surface area contributed by atoms with Crippen molar-refractivity contribution < 1.29 is 49.6 Å². The van der Waals surface area contributed by atoms with E-state index >= 15 is 0 Å². The molecule has 10 nitrogen and oxygen atoms in total. The highest BCUT2D eigenvalue weighted by atomic mass is 16.7. The molecule has 49 heavy (non-hydrogen) atoms. The van der Waals surface area contributed by atoms with Crippen molar-refractivity contribution in [1.82, 2.24) is 0 Å². The Morgan fingerprint density at radius 2 is 1.57 bits per heavy atom. The average Bonchev–Trinajstić information content (AvgIpc) is 3.43. The number of carbonyl (C=O) groups excluding carboxylic acids is 1. The van der Waals surface area contributed by atoms with Gasteiger partial charge in [-0.1, -0.05) is 65.5 Å². The Hall–Kier alpha value is -0.950. The van der Waals surface area contributed by atoms with Gasteiger partial charge in [0.25, 0.3) is 0 Å². The van der Waals surface area contributed by atoms with Crippen LogP contribution in [0.4, 0.5) is 0 Å². The van der Waals surface area contributed by atoms with Crippen molar-refractivity contribution in [1.29, 1.82) is 0 Å². The van der Waals surface area contributed by atoms with Crippen LogP contribution in [-0.2, 0) is 19.0 Å². The molecule has 0 spiro atoms. The summed E-state index contributed by atoms with van der Waals surface area (Å²) < 4.78 is 19.7. The van der Waals surface area contributed by atoms with E-state index in [1.165, 1.54) is 50.5 Å². The lowest BCUT2D eigenvalue weighted by atomic mass is 9.45. The number of hydrogen-bond acceptors (Lipinski definition) is 10. The van der Waals surface area contributed by atoms with Crippen LogP contribution >= 0.6 is 0 Å². The van der Waals surface area contributed by atoms with Gasteiger partial charge in [-0.2, -0.15) is 0 Å². The van der Waals surface area contributed by atoms with Crippen molar-refractivity contribution >= 4 is 6.29 Å². The van der Waals surface area contributed by atoms with Crippen molar-refractivity contribution in [2.45, 2.75) is 156 Å². The fourth-order valence-corrected chi connectivity index (χ4v) is 10.7. The van der Waals surface area contributed by atoms with Gasteiger partial charge in [0.15, 0.2) is 6.29 Å². The number of fused-ring (bicyclic) bond motifs is 5. The van der Waals surface area contributed by atoms with Crippen LogP contribution in [0.15, 0.2) is 11.6 Å². The summed E-state index contributed by atoms with van der Waals surface area (Å²) in [7, 11) is 0. The Morgan fingerprint density at radius 3 is 2.12 bits per heavy atom. The predicted molar refractivity (Wildman–Crippen MR) is 188 cm³/mol. The van der Waals surface area contributed by atoms with Crippen molar-refractivity contribution in [3.05, 3.63) is 11.6 Å². The monoisotopic (exact) mass is 698 g/mol. The first kappa shape index (κ1) is 42.5. The first-order valence-corrected chi connectivity index (χ1v) is 19.2. The van der Waals surface area contributed by atoms with Gasteiger partial charge in [0.2, 0.25) is 5.79 Å². The molecule has 0 amide bonds. The topological polar surface area (TPSA) is 166 Å². The van der Waals surface area contributed by atoms with Crippen LogP contribution in [0.5, 0.6) is 0 Å². The zero-order chi connectivity index (χ0) is 36.7. The molecule has 3 saturated carbocycles. The molecular weight excluding hydrogens is 628 g/mol. The molecular formula is C39H70O10. The summed E-state index contributed by atoms with van der Waals surface area (Å²) in [6.07, 6.45) is 5.78. The van der Waals surface area contributed by atoms with Crippen molar-refractivity contribution in [2.75, 3.05) is 26.4 Å². The zero-order valence-electron chi connectivity index (χ0n) is 31.6. The van der Waals surface area contributed by atoms with Crippen molar-refractivity contribution in [2.24, 2.45) is 46.3 Å². The summed E-state index contributed by atoms with van der Waals surface area (Å²) >= 11 is 0. The van der Waals surface area contributed by atoms with E-state index in [1.807, 2.05) is 6.92 Å². The van der Waals surface area contributed by atoms with Crippen LogP contribution in [0.2, 0.25) is 0 Å². The summed E-state index contributed by atoms with van der Waals surface area (Å²) in [6, 6.07) is 0. The summed E-state index contributed by atoms with van der Waals surface area (Å²) in [5.41, 5.74) is 1.50. The first-order valence-electron chi connectivity index (χ1n) is 19.2. The molecule has 4 aliphatic rings. The third-order valence-electron chi connectivity index (χ3n) is 13.0. The Bertz CT molecular complexity index is 1040. The van der Waals surface area contributed by atoms with Gasteiger partial charge in [-0.3, -0.25) is 0 Å². The van der Waals surface area contributed by atoms with E-state index in [0.717, 1.165) is 30.1 Å². The minimum absolute atomic E-state index is 0.0258. The molecule has 6 N–H and O–H groups in total. The maximum atomic E-state index is 11.3. The summed E-state index contributed by atoms with van der Waals surface area (Å²) in [6.45, 7) is 19.3. The van der Waals surface area contributed by atoms with Gasteiger partial charge in [-0.25, -0.2) is 0 Å². The Balaban J connectivity index is 0.000000463. The predicted octanol–water partition coefficient (Wildman–Crippen LogP) is 4.40. The molecule has 0 radical (unpaired) electrons. The molecule has 1 unspecified atom stereocenters. The highest BCUT2D eigenvalue weighted by Crippen LogP contribution is 2.69. The molecule has 286 valence electrons. The Kier molecular flexibility index (Phi) is 15.8. The number of rotatable bonds is 16. The van der Waals surface area contributed by atoms with E-state index in [1.54, 1.807) is 0 Å². The highest BCUT2D eigenvalue weighted by molar-refractivity contribution is 5.56. The largest absolute Gasteiger partial charge is 0.394 e. The van der Waals surface area contributed by atoms with Gasteiger partial charge in [0.1, 0.15) is 30.5 Å². The maximum Gasteiger partial charge on any atom is 0.206 e. The molecule has 0 aromatic rings. The van der Waals surface area contributed by atoms with Crippen LogP contribution in [0.3, 0.4) is 0 Å². The van der Waals surface area contributed by atoms with Gasteiger partial charge in [-0.15, -0.1) is 0 Å². The number of aldehydes is 1. The van der Waals surface area contributed by atoms with Gasteiger partial charge >= 0.3 is 0 Å². The third-order valence-corrected chi connectivity index (χ3v) is 13.0. The van der Waals surface area contributed by atoms with Crippen LogP contribution < -0.4 is 0 Å². The fraction of sp³-hybridized carbons (Fsp3) is 0.923. The van der Waals surface area contributed by atoms with E-state index in [-0.39, 0.29) is 11.7 Å². The zero-order valence-corrected chi connectivity index (χ0v) is 31.6. The fourth-order valence-electron chi connectivity index (χ4n) is 10.7. The molecule has 4 rings (SSSR count). The summed E-state index contributed by atoms with van der Waals surface area (Å²) in [4.78, 5) is 9.90. The van der Waals surface area contributed by atoms with Crippen LogP contribution in [0.1, 0.15) is 113 Å². The lowest BCUT2D eigenvalue weighted by Gasteiger charge is -2.65. The lowest BCUT2D eigenvalue weighted by Crippen LogP contribution is -2.71. The van der Waals surface area contributed by atoms with Crippen molar-refractivity contribution in [3.8, 4) is 0 Å². The number of carbonyl (C=O) groups is 1. The molecule has 10 heteroatoms. The average molecular weight is 699 g/mol.